The molecule has 0 aromatic heterocycles. The molecule has 3 aromatic rings. The molecule has 7 rings (SSSR count). The maximum atomic E-state index is 12.0. The summed E-state index contributed by atoms with van der Waals surface area (Å²) in [5, 5.41) is 12.0. The molecule has 13 nitrogen and oxygen atoms in total. The van der Waals surface area contributed by atoms with Gasteiger partial charge in [-0.1, -0.05) is 12.1 Å². The highest BCUT2D eigenvalue weighted by molar-refractivity contribution is 5.66. The van der Waals surface area contributed by atoms with Crippen molar-refractivity contribution in [3.63, 3.8) is 0 Å². The first-order valence-electron chi connectivity index (χ1n) is 14.8. The smallest absolute Gasteiger partial charge is 0.232 e. The van der Waals surface area contributed by atoms with Crippen molar-refractivity contribution in [3.05, 3.63) is 53.6 Å². The fourth-order valence-electron chi connectivity index (χ4n) is 6.43. The molecule has 4 aliphatic heterocycles. The summed E-state index contributed by atoms with van der Waals surface area (Å²) in [5.41, 5.74) is 0.0610. The van der Waals surface area contributed by atoms with Gasteiger partial charge in [0.2, 0.25) is 30.3 Å². The lowest BCUT2D eigenvalue weighted by molar-refractivity contribution is -0.153. The van der Waals surface area contributed by atoms with Crippen molar-refractivity contribution in [2.75, 3.05) is 62.2 Å². The van der Waals surface area contributed by atoms with Crippen LogP contribution in [0.1, 0.15) is 23.3 Å². The molecule has 0 radical (unpaired) electrons. The Morgan fingerprint density at radius 1 is 0.783 bits per heavy atom. The van der Waals surface area contributed by atoms with Crippen LogP contribution in [0.5, 0.6) is 51.7 Å². The maximum absolute atomic E-state index is 12.0. The fourth-order valence-corrected chi connectivity index (χ4v) is 6.43. The van der Waals surface area contributed by atoms with E-state index in [-0.39, 0.29) is 31.5 Å². The SMILES string of the molecule is COC[C@@H]1Oc2cc([C@@H]3OC[C@@]4(O)[C@H](Oc5c(OC)cc6c(c5OC)OCO6)OC[C@@H]34)c(OC)cc2O[C@H]1c1ccc(OC)cc1. The number of methoxy groups -OCH3 is 5. The minimum atomic E-state index is -1.52. The Balaban J connectivity index is 1.16. The molecule has 4 heterocycles. The summed E-state index contributed by atoms with van der Waals surface area (Å²) in [7, 11) is 7.78. The molecule has 0 bridgehead atoms. The third-order valence-corrected chi connectivity index (χ3v) is 8.77. The lowest BCUT2D eigenvalue weighted by atomic mass is 9.85. The van der Waals surface area contributed by atoms with Gasteiger partial charge in [0.1, 0.15) is 11.5 Å². The highest BCUT2D eigenvalue weighted by Crippen LogP contribution is 2.56. The zero-order valence-corrected chi connectivity index (χ0v) is 26.1. The van der Waals surface area contributed by atoms with Gasteiger partial charge in [0.15, 0.2) is 40.8 Å². The van der Waals surface area contributed by atoms with Gasteiger partial charge in [-0.3, -0.25) is 0 Å². The van der Waals surface area contributed by atoms with Crippen LogP contribution in [-0.4, -0.2) is 85.3 Å². The van der Waals surface area contributed by atoms with Crippen LogP contribution < -0.4 is 42.6 Å². The Hall–Kier alpha value is -4.30. The van der Waals surface area contributed by atoms with Crippen LogP contribution in [0.25, 0.3) is 0 Å². The molecule has 0 unspecified atom stereocenters. The van der Waals surface area contributed by atoms with Crippen molar-refractivity contribution in [1.82, 2.24) is 0 Å². The fraction of sp³-hybridized carbons (Fsp3) is 0.455. The van der Waals surface area contributed by atoms with Crippen LogP contribution >= 0.6 is 0 Å². The first-order valence-corrected chi connectivity index (χ1v) is 14.8. The number of aliphatic hydroxyl groups is 1. The van der Waals surface area contributed by atoms with Crippen LogP contribution in [0.2, 0.25) is 0 Å². The van der Waals surface area contributed by atoms with E-state index in [1.165, 1.54) is 14.2 Å². The van der Waals surface area contributed by atoms with Crippen LogP contribution in [-0.2, 0) is 14.2 Å². The molecular formula is C33H36O13. The number of hydrogen-bond acceptors (Lipinski definition) is 13. The van der Waals surface area contributed by atoms with Crippen molar-refractivity contribution in [2.45, 2.75) is 30.2 Å². The van der Waals surface area contributed by atoms with E-state index < -0.39 is 36.1 Å². The van der Waals surface area contributed by atoms with Crippen LogP contribution in [0.15, 0.2) is 42.5 Å². The van der Waals surface area contributed by atoms with Gasteiger partial charge in [-0.2, -0.15) is 0 Å². The molecule has 46 heavy (non-hydrogen) atoms. The first kappa shape index (κ1) is 30.4. The average molecular weight is 641 g/mol. The lowest BCUT2D eigenvalue weighted by Gasteiger charge is -2.35. The summed E-state index contributed by atoms with van der Waals surface area (Å²) in [6.45, 7) is 0.404. The van der Waals surface area contributed by atoms with Crippen LogP contribution in [0.3, 0.4) is 0 Å². The van der Waals surface area contributed by atoms with Crippen molar-refractivity contribution >= 4 is 0 Å². The van der Waals surface area contributed by atoms with E-state index in [1.807, 2.05) is 30.3 Å². The predicted molar refractivity (Wildman–Crippen MR) is 159 cm³/mol. The molecule has 13 heteroatoms. The number of fused-ring (bicyclic) bond motifs is 3. The van der Waals surface area contributed by atoms with Gasteiger partial charge >= 0.3 is 0 Å². The van der Waals surface area contributed by atoms with Gasteiger partial charge in [0, 0.05) is 24.8 Å². The molecule has 6 atom stereocenters. The molecule has 3 aromatic carbocycles. The number of hydrogen-bond donors (Lipinski definition) is 1. The van der Waals surface area contributed by atoms with Gasteiger partial charge < -0.3 is 61.9 Å². The van der Waals surface area contributed by atoms with Crippen LogP contribution in [0.4, 0.5) is 0 Å². The summed E-state index contributed by atoms with van der Waals surface area (Å²) >= 11 is 0. The van der Waals surface area contributed by atoms with Gasteiger partial charge in [0.25, 0.3) is 0 Å². The third-order valence-electron chi connectivity index (χ3n) is 8.77. The average Bonchev–Trinajstić information content (AvgIpc) is 3.77. The molecule has 0 amide bonds. The summed E-state index contributed by atoms with van der Waals surface area (Å²) in [5.74, 6) is 3.40. The summed E-state index contributed by atoms with van der Waals surface area (Å²) in [6.07, 6.45) is -2.59. The molecule has 0 saturated carbocycles. The van der Waals surface area contributed by atoms with Crippen molar-refractivity contribution < 1.29 is 61.9 Å². The minimum Gasteiger partial charge on any atom is -0.497 e. The topological polar surface area (TPSA) is 131 Å². The maximum Gasteiger partial charge on any atom is 0.232 e. The third kappa shape index (κ3) is 4.94. The Morgan fingerprint density at radius 3 is 2.26 bits per heavy atom. The van der Waals surface area contributed by atoms with E-state index in [0.717, 1.165) is 11.3 Å². The Kier molecular flexibility index (Phi) is 8.01. The molecule has 1 N–H and O–H groups in total. The summed E-state index contributed by atoms with van der Waals surface area (Å²) in [6, 6.07) is 12.9. The van der Waals surface area contributed by atoms with Gasteiger partial charge in [-0.25, -0.2) is 0 Å². The van der Waals surface area contributed by atoms with Gasteiger partial charge in [0.05, 0.1) is 60.3 Å². The molecule has 2 fully saturated rings. The predicted octanol–water partition coefficient (Wildman–Crippen LogP) is 3.83. The van der Waals surface area contributed by atoms with E-state index in [4.69, 9.17) is 56.8 Å². The minimum absolute atomic E-state index is 0.0332. The Morgan fingerprint density at radius 2 is 1.54 bits per heavy atom. The highest BCUT2D eigenvalue weighted by Gasteiger charge is 2.61. The molecule has 2 saturated heterocycles. The van der Waals surface area contributed by atoms with Gasteiger partial charge in [-0.05, 0) is 23.8 Å². The molecule has 0 aliphatic carbocycles. The lowest BCUT2D eigenvalue weighted by Crippen LogP contribution is -2.47. The molecule has 246 valence electrons. The van der Waals surface area contributed by atoms with E-state index in [2.05, 4.69) is 0 Å². The highest BCUT2D eigenvalue weighted by atomic mass is 16.7. The molecular weight excluding hydrogens is 604 g/mol. The molecule has 0 spiro atoms. The Bertz CT molecular complexity index is 1580. The Labute approximate surface area is 265 Å². The van der Waals surface area contributed by atoms with Crippen molar-refractivity contribution in [1.29, 1.82) is 0 Å². The van der Waals surface area contributed by atoms with Crippen molar-refractivity contribution in [3.8, 4) is 51.7 Å². The first-order chi connectivity index (χ1) is 22.4. The normalized spacial score (nSPS) is 27.2. The quantitative estimate of drug-likeness (QED) is 0.345. The van der Waals surface area contributed by atoms with E-state index in [9.17, 15) is 5.11 Å². The van der Waals surface area contributed by atoms with Gasteiger partial charge in [-0.15, -0.1) is 0 Å². The second-order valence-electron chi connectivity index (χ2n) is 11.3. The standard InChI is InChI=1S/C33H36O13/c1-35-14-26-27(17-6-8-18(36-2)9-7-17)45-23-11-21(37-3)19(10-22(23)44-26)28-20-13-40-32(33(20,34)15-41-28)46-30-24(38-4)12-25-29(31(30)39-5)43-16-42-25/h6-12,20,26-28,32,34H,13-16H2,1-5H3/t20-,26-,27-,28-,32-,33-/m0/s1. The zero-order valence-electron chi connectivity index (χ0n) is 26.1. The van der Waals surface area contributed by atoms with E-state index >= 15 is 0 Å². The summed E-state index contributed by atoms with van der Waals surface area (Å²) in [4.78, 5) is 0. The number of benzene rings is 3. The molecule has 4 aliphatic rings. The van der Waals surface area contributed by atoms with Crippen molar-refractivity contribution in [2.24, 2.45) is 5.92 Å². The second kappa shape index (κ2) is 12.1. The van der Waals surface area contributed by atoms with Crippen LogP contribution in [0, 0.1) is 5.92 Å². The monoisotopic (exact) mass is 640 g/mol. The van der Waals surface area contributed by atoms with E-state index in [1.54, 1.807) is 33.5 Å². The largest absolute Gasteiger partial charge is 0.497 e. The number of ether oxygens (including phenoxy) is 12. The zero-order chi connectivity index (χ0) is 32.0. The number of rotatable bonds is 10. The summed E-state index contributed by atoms with van der Waals surface area (Å²) < 4.78 is 70.3. The van der Waals surface area contributed by atoms with E-state index in [0.29, 0.717) is 46.7 Å². The second-order valence-corrected chi connectivity index (χ2v) is 11.3.